The van der Waals surface area contributed by atoms with Crippen molar-refractivity contribution in [2.24, 2.45) is 0 Å². The van der Waals surface area contributed by atoms with Crippen LogP contribution in [0.3, 0.4) is 0 Å². The van der Waals surface area contributed by atoms with Crippen LogP contribution in [0.25, 0.3) is 0 Å². The average Bonchev–Trinajstić information content (AvgIpc) is 2.33. The monoisotopic (exact) mass is 248 g/mol. The Morgan fingerprint density at radius 2 is 2.11 bits per heavy atom. The van der Waals surface area contributed by atoms with Crippen molar-refractivity contribution in [2.45, 2.75) is 44.4 Å². The van der Waals surface area contributed by atoms with Crippen molar-refractivity contribution in [1.82, 2.24) is 0 Å². The van der Waals surface area contributed by atoms with Crippen molar-refractivity contribution in [3.8, 4) is 0 Å². The molecular formula is C15H17FO2. The molecule has 0 spiro atoms. The summed E-state index contributed by atoms with van der Waals surface area (Å²) < 4.78 is 13.4. The second-order valence-corrected chi connectivity index (χ2v) is 5.13. The molecule has 2 rings (SSSR count). The number of carbonyl (C=O) groups is 2. The number of ketones is 1. The molecule has 1 aliphatic carbocycles. The predicted molar refractivity (Wildman–Crippen MR) is 67.2 cm³/mol. The smallest absolute Gasteiger partial charge is 0.150 e. The summed E-state index contributed by atoms with van der Waals surface area (Å²) in [6, 6.07) is 4.22. The standard InChI is InChI=1S/C15H17FO2/c1-2-3-6-15(8-13(18)9-15)14-7-12(16)5-4-11(14)10-17/h4-5,7,10H,2-3,6,8-9H2,1H3. The molecule has 0 N–H and O–H groups in total. The van der Waals surface area contributed by atoms with Gasteiger partial charge in [0.15, 0.2) is 0 Å². The van der Waals surface area contributed by atoms with E-state index >= 15 is 0 Å². The molecule has 2 nitrogen and oxygen atoms in total. The number of halogens is 1. The van der Waals surface area contributed by atoms with Gasteiger partial charge in [-0.25, -0.2) is 4.39 Å². The summed E-state index contributed by atoms with van der Waals surface area (Å²) in [5.41, 5.74) is 0.927. The summed E-state index contributed by atoms with van der Waals surface area (Å²) >= 11 is 0. The van der Waals surface area contributed by atoms with Gasteiger partial charge in [0.2, 0.25) is 0 Å². The number of hydrogen-bond acceptors (Lipinski definition) is 2. The highest BCUT2D eigenvalue weighted by Gasteiger charge is 2.45. The minimum absolute atomic E-state index is 0.201. The van der Waals surface area contributed by atoms with E-state index in [1.165, 1.54) is 18.2 Å². The fourth-order valence-electron chi connectivity index (χ4n) is 2.81. The number of aldehydes is 1. The van der Waals surface area contributed by atoms with Gasteiger partial charge >= 0.3 is 0 Å². The van der Waals surface area contributed by atoms with Crippen molar-refractivity contribution in [1.29, 1.82) is 0 Å². The number of rotatable bonds is 5. The molecule has 0 atom stereocenters. The zero-order chi connectivity index (χ0) is 13.2. The van der Waals surface area contributed by atoms with E-state index in [9.17, 15) is 14.0 Å². The maximum Gasteiger partial charge on any atom is 0.150 e. The van der Waals surface area contributed by atoms with Gasteiger partial charge in [0.05, 0.1) is 0 Å². The zero-order valence-electron chi connectivity index (χ0n) is 10.5. The van der Waals surface area contributed by atoms with Crippen molar-refractivity contribution in [3.63, 3.8) is 0 Å². The maximum atomic E-state index is 13.4. The van der Waals surface area contributed by atoms with E-state index in [0.29, 0.717) is 24.0 Å². The number of unbranched alkanes of at least 4 members (excludes halogenated alkanes) is 1. The van der Waals surface area contributed by atoms with Crippen LogP contribution in [0.2, 0.25) is 0 Å². The van der Waals surface area contributed by atoms with E-state index < -0.39 is 0 Å². The van der Waals surface area contributed by atoms with Crippen LogP contribution in [-0.2, 0) is 10.2 Å². The molecule has 18 heavy (non-hydrogen) atoms. The first-order chi connectivity index (χ1) is 8.61. The predicted octanol–water partition coefficient (Wildman–Crippen LogP) is 3.43. The molecule has 3 heteroatoms. The molecule has 0 radical (unpaired) electrons. The van der Waals surface area contributed by atoms with Crippen LogP contribution < -0.4 is 0 Å². The molecule has 1 aliphatic rings. The Kier molecular flexibility index (Phi) is 3.60. The summed E-state index contributed by atoms with van der Waals surface area (Å²) in [6.07, 6.45) is 4.50. The zero-order valence-corrected chi connectivity index (χ0v) is 10.5. The van der Waals surface area contributed by atoms with E-state index in [-0.39, 0.29) is 17.0 Å². The molecule has 0 unspecified atom stereocenters. The topological polar surface area (TPSA) is 34.1 Å². The molecule has 0 saturated heterocycles. The summed E-state index contributed by atoms with van der Waals surface area (Å²) in [6.45, 7) is 2.08. The Balaban J connectivity index is 2.39. The second-order valence-electron chi connectivity index (χ2n) is 5.13. The molecule has 0 heterocycles. The minimum atomic E-state index is -0.342. The van der Waals surface area contributed by atoms with Crippen LogP contribution in [0.5, 0.6) is 0 Å². The van der Waals surface area contributed by atoms with Gasteiger partial charge < -0.3 is 0 Å². The highest BCUT2D eigenvalue weighted by atomic mass is 19.1. The van der Waals surface area contributed by atoms with Gasteiger partial charge in [-0.3, -0.25) is 9.59 Å². The number of hydrogen-bond donors (Lipinski definition) is 0. The SMILES string of the molecule is CCCCC1(c2cc(F)ccc2C=O)CC(=O)C1. The van der Waals surface area contributed by atoms with Crippen molar-refractivity contribution in [2.75, 3.05) is 0 Å². The van der Waals surface area contributed by atoms with E-state index in [2.05, 4.69) is 6.92 Å². The maximum absolute atomic E-state index is 13.4. The van der Waals surface area contributed by atoms with Gasteiger partial charge in [-0.1, -0.05) is 19.8 Å². The summed E-state index contributed by atoms with van der Waals surface area (Å²) in [4.78, 5) is 22.4. The van der Waals surface area contributed by atoms with Gasteiger partial charge in [0, 0.05) is 23.8 Å². The lowest BCUT2D eigenvalue weighted by atomic mass is 9.60. The Hall–Kier alpha value is -1.51. The third kappa shape index (κ3) is 2.22. The Labute approximate surface area is 106 Å². The molecule has 1 aromatic carbocycles. The van der Waals surface area contributed by atoms with Gasteiger partial charge in [-0.05, 0) is 30.2 Å². The fraction of sp³-hybridized carbons (Fsp3) is 0.467. The molecule has 1 aromatic rings. The number of benzene rings is 1. The van der Waals surface area contributed by atoms with Crippen molar-refractivity contribution in [3.05, 3.63) is 35.1 Å². The third-order valence-corrected chi connectivity index (χ3v) is 3.79. The van der Waals surface area contributed by atoms with E-state index in [4.69, 9.17) is 0 Å². The summed E-state index contributed by atoms with van der Waals surface area (Å²) in [7, 11) is 0. The Morgan fingerprint density at radius 3 is 2.67 bits per heavy atom. The fourth-order valence-corrected chi connectivity index (χ4v) is 2.81. The van der Waals surface area contributed by atoms with E-state index in [0.717, 1.165) is 25.5 Å². The minimum Gasteiger partial charge on any atom is -0.300 e. The average molecular weight is 248 g/mol. The lowest BCUT2D eigenvalue weighted by Gasteiger charge is -2.42. The first-order valence-electron chi connectivity index (χ1n) is 6.38. The summed E-state index contributed by atoms with van der Waals surface area (Å²) in [5, 5.41) is 0. The molecule has 0 amide bonds. The molecule has 1 saturated carbocycles. The van der Waals surface area contributed by atoms with Gasteiger partial charge in [0.25, 0.3) is 0 Å². The molecule has 96 valence electrons. The normalized spacial score (nSPS) is 17.3. The van der Waals surface area contributed by atoms with Crippen molar-refractivity contribution >= 4 is 12.1 Å². The number of Topliss-reactive ketones (excluding diaryl/α,β-unsaturated/α-hetero) is 1. The quantitative estimate of drug-likeness (QED) is 0.748. The first kappa shape index (κ1) is 12.9. The molecule has 1 fully saturated rings. The van der Waals surface area contributed by atoms with Gasteiger partial charge in [-0.15, -0.1) is 0 Å². The Bertz CT molecular complexity index is 471. The number of carbonyl (C=O) groups excluding carboxylic acids is 2. The highest BCUT2D eigenvalue weighted by molar-refractivity contribution is 5.90. The third-order valence-electron chi connectivity index (χ3n) is 3.79. The van der Waals surface area contributed by atoms with Crippen LogP contribution in [-0.4, -0.2) is 12.1 Å². The van der Waals surface area contributed by atoms with Crippen LogP contribution in [0, 0.1) is 5.82 Å². The lowest BCUT2D eigenvalue weighted by Crippen LogP contribution is -2.42. The molecular weight excluding hydrogens is 231 g/mol. The van der Waals surface area contributed by atoms with E-state index in [1.54, 1.807) is 0 Å². The van der Waals surface area contributed by atoms with Gasteiger partial charge in [-0.2, -0.15) is 0 Å². The second kappa shape index (κ2) is 5.01. The van der Waals surface area contributed by atoms with Crippen LogP contribution >= 0.6 is 0 Å². The Morgan fingerprint density at radius 1 is 1.39 bits per heavy atom. The largest absolute Gasteiger partial charge is 0.300 e. The lowest BCUT2D eigenvalue weighted by molar-refractivity contribution is -0.128. The first-order valence-corrected chi connectivity index (χ1v) is 6.38. The molecule has 0 aromatic heterocycles. The van der Waals surface area contributed by atoms with E-state index in [1.807, 2.05) is 0 Å². The highest BCUT2D eigenvalue weighted by Crippen LogP contribution is 2.46. The summed E-state index contributed by atoms with van der Waals surface area (Å²) in [5.74, 6) is -0.141. The van der Waals surface area contributed by atoms with Crippen LogP contribution in [0.15, 0.2) is 18.2 Å². The van der Waals surface area contributed by atoms with Crippen LogP contribution in [0.1, 0.15) is 54.9 Å². The van der Waals surface area contributed by atoms with Gasteiger partial charge in [0.1, 0.15) is 17.9 Å². The molecule has 0 aliphatic heterocycles. The molecule has 0 bridgehead atoms. The van der Waals surface area contributed by atoms with Crippen molar-refractivity contribution < 1.29 is 14.0 Å². The van der Waals surface area contributed by atoms with Crippen LogP contribution in [0.4, 0.5) is 4.39 Å².